The van der Waals surface area contributed by atoms with Gasteiger partial charge in [-0.1, -0.05) is 28.4 Å². The predicted octanol–water partition coefficient (Wildman–Crippen LogP) is 4.09. The smallest absolute Gasteiger partial charge is 0.120 e. The zero-order valence-corrected chi connectivity index (χ0v) is 13.6. The Balaban J connectivity index is 1.60. The Morgan fingerprint density at radius 1 is 1.29 bits per heavy atom. The molecule has 1 N–H and O–H groups in total. The molecule has 2 aromatic rings. The van der Waals surface area contributed by atoms with Crippen LogP contribution in [0.1, 0.15) is 36.5 Å². The first-order chi connectivity index (χ1) is 10.2. The summed E-state index contributed by atoms with van der Waals surface area (Å²) in [4.78, 5) is 0. The summed E-state index contributed by atoms with van der Waals surface area (Å²) in [7, 11) is 0. The Labute approximate surface area is 133 Å². The van der Waals surface area contributed by atoms with E-state index >= 15 is 0 Å². The van der Waals surface area contributed by atoms with Gasteiger partial charge in [-0.2, -0.15) is 0 Å². The highest BCUT2D eigenvalue weighted by Crippen LogP contribution is 2.29. The Morgan fingerprint density at radius 3 is 3.05 bits per heavy atom. The molecular formula is C17H20BrNO2. The van der Waals surface area contributed by atoms with Crippen molar-refractivity contribution in [3.63, 3.8) is 0 Å². The number of benzene rings is 1. The van der Waals surface area contributed by atoms with Gasteiger partial charge in [0.05, 0.1) is 12.6 Å². The third kappa shape index (κ3) is 3.69. The third-order valence-electron chi connectivity index (χ3n) is 3.94. The Bertz CT molecular complexity index is 609. The summed E-state index contributed by atoms with van der Waals surface area (Å²) >= 11 is 3.44. The number of aryl methyl sites for hydroxylation is 1. The second-order valence-corrected chi connectivity index (χ2v) is 6.46. The molecule has 112 valence electrons. The van der Waals surface area contributed by atoms with Crippen molar-refractivity contribution >= 4 is 15.9 Å². The van der Waals surface area contributed by atoms with Crippen LogP contribution in [0.2, 0.25) is 0 Å². The molecule has 0 saturated carbocycles. The quantitative estimate of drug-likeness (QED) is 0.843. The number of aliphatic hydroxyl groups excluding tert-OH is 1. The molecule has 3 rings (SSSR count). The number of hydrogen-bond donors (Lipinski definition) is 1. The molecule has 0 radical (unpaired) electrons. The molecule has 1 aliphatic rings. The minimum atomic E-state index is -0.297. The fourth-order valence-electron chi connectivity index (χ4n) is 2.85. The average Bonchev–Trinajstić information content (AvgIpc) is 2.79. The fraction of sp³-hybridized carbons (Fsp3) is 0.412. The molecule has 0 saturated heterocycles. The maximum Gasteiger partial charge on any atom is 0.120 e. The number of rotatable bonds is 4. The first-order valence-corrected chi connectivity index (χ1v) is 8.26. The van der Waals surface area contributed by atoms with E-state index < -0.39 is 0 Å². The van der Waals surface area contributed by atoms with Gasteiger partial charge in [0.1, 0.15) is 12.4 Å². The second kappa shape index (κ2) is 6.67. The van der Waals surface area contributed by atoms with Gasteiger partial charge in [0.2, 0.25) is 0 Å². The molecule has 1 aliphatic carbocycles. The molecule has 0 bridgehead atoms. The lowest BCUT2D eigenvalue weighted by molar-refractivity contribution is 0.166. The first kappa shape index (κ1) is 14.7. The zero-order valence-electron chi connectivity index (χ0n) is 12.0. The van der Waals surface area contributed by atoms with Gasteiger partial charge in [-0.25, -0.2) is 0 Å². The van der Waals surface area contributed by atoms with Crippen LogP contribution in [0, 0.1) is 0 Å². The van der Waals surface area contributed by atoms with Gasteiger partial charge in [-0.3, -0.25) is 0 Å². The molecule has 0 amide bonds. The molecule has 1 aromatic carbocycles. The highest BCUT2D eigenvalue weighted by Gasteiger charge is 2.18. The topological polar surface area (TPSA) is 34.4 Å². The van der Waals surface area contributed by atoms with Crippen LogP contribution in [0.3, 0.4) is 0 Å². The monoisotopic (exact) mass is 349 g/mol. The molecule has 3 nitrogen and oxygen atoms in total. The van der Waals surface area contributed by atoms with Crippen molar-refractivity contribution < 1.29 is 9.84 Å². The Kier molecular flexibility index (Phi) is 4.66. The lowest BCUT2D eigenvalue weighted by Gasteiger charge is -2.08. The van der Waals surface area contributed by atoms with E-state index in [0.717, 1.165) is 41.6 Å². The second-order valence-electron chi connectivity index (χ2n) is 5.54. The lowest BCUT2D eigenvalue weighted by Crippen LogP contribution is -2.06. The number of aliphatic hydroxyl groups is 1. The van der Waals surface area contributed by atoms with Crippen molar-refractivity contribution in [2.24, 2.45) is 0 Å². The molecule has 4 heteroatoms. The van der Waals surface area contributed by atoms with Crippen LogP contribution in [-0.4, -0.2) is 16.3 Å². The van der Waals surface area contributed by atoms with E-state index in [-0.39, 0.29) is 6.10 Å². The van der Waals surface area contributed by atoms with E-state index in [1.54, 1.807) is 0 Å². The van der Waals surface area contributed by atoms with Gasteiger partial charge < -0.3 is 14.4 Å². The van der Waals surface area contributed by atoms with Crippen molar-refractivity contribution in [2.75, 3.05) is 6.61 Å². The molecule has 0 spiro atoms. The standard InChI is InChI=1S/C17H20BrNO2/c18-14-5-3-6-15(10-14)21-9-8-19-11-13-4-1-2-7-17(20)16(13)12-19/h3,5-6,10-12,17,20H,1-2,4,7-9H2. The highest BCUT2D eigenvalue weighted by molar-refractivity contribution is 9.10. The van der Waals surface area contributed by atoms with E-state index in [4.69, 9.17) is 4.74 Å². The largest absolute Gasteiger partial charge is 0.492 e. The number of aromatic nitrogens is 1. The molecule has 1 unspecified atom stereocenters. The van der Waals surface area contributed by atoms with Crippen LogP contribution < -0.4 is 4.74 Å². The van der Waals surface area contributed by atoms with Crippen LogP contribution in [0.4, 0.5) is 0 Å². The van der Waals surface area contributed by atoms with Crippen molar-refractivity contribution in [1.82, 2.24) is 4.57 Å². The van der Waals surface area contributed by atoms with Crippen LogP contribution >= 0.6 is 15.9 Å². The lowest BCUT2D eigenvalue weighted by atomic mass is 10.1. The number of fused-ring (bicyclic) bond motifs is 1. The predicted molar refractivity (Wildman–Crippen MR) is 86.6 cm³/mol. The molecule has 21 heavy (non-hydrogen) atoms. The van der Waals surface area contributed by atoms with E-state index in [1.807, 2.05) is 24.3 Å². The van der Waals surface area contributed by atoms with Crippen LogP contribution in [-0.2, 0) is 13.0 Å². The molecule has 0 aliphatic heterocycles. The van der Waals surface area contributed by atoms with Gasteiger partial charge in [-0.15, -0.1) is 0 Å². The van der Waals surface area contributed by atoms with Crippen LogP contribution in [0.15, 0.2) is 41.1 Å². The van der Waals surface area contributed by atoms with Crippen LogP contribution in [0.5, 0.6) is 5.75 Å². The summed E-state index contributed by atoms with van der Waals surface area (Å²) in [6.45, 7) is 1.42. The van der Waals surface area contributed by atoms with Crippen LogP contribution in [0.25, 0.3) is 0 Å². The maximum absolute atomic E-state index is 10.1. The first-order valence-electron chi connectivity index (χ1n) is 7.47. The minimum absolute atomic E-state index is 0.297. The number of ether oxygens (including phenoxy) is 1. The van der Waals surface area contributed by atoms with E-state index in [0.29, 0.717) is 6.61 Å². The zero-order chi connectivity index (χ0) is 14.7. The Morgan fingerprint density at radius 2 is 2.19 bits per heavy atom. The highest BCUT2D eigenvalue weighted by atomic mass is 79.9. The number of hydrogen-bond acceptors (Lipinski definition) is 2. The van der Waals surface area contributed by atoms with Gasteiger partial charge in [-0.05, 0) is 43.0 Å². The number of halogens is 1. The van der Waals surface area contributed by atoms with E-state index in [2.05, 4.69) is 32.9 Å². The summed E-state index contributed by atoms with van der Waals surface area (Å²) in [6.07, 6.45) is 8.18. The van der Waals surface area contributed by atoms with E-state index in [9.17, 15) is 5.11 Å². The number of nitrogens with zero attached hydrogens (tertiary/aromatic N) is 1. The molecule has 1 aromatic heterocycles. The van der Waals surface area contributed by atoms with Crippen molar-refractivity contribution in [3.05, 3.63) is 52.3 Å². The van der Waals surface area contributed by atoms with Crippen molar-refractivity contribution in [2.45, 2.75) is 38.3 Å². The minimum Gasteiger partial charge on any atom is -0.492 e. The van der Waals surface area contributed by atoms with Gasteiger partial charge in [0, 0.05) is 22.4 Å². The summed E-state index contributed by atoms with van der Waals surface area (Å²) in [6, 6.07) is 7.87. The van der Waals surface area contributed by atoms with Crippen molar-refractivity contribution in [3.8, 4) is 5.75 Å². The van der Waals surface area contributed by atoms with Gasteiger partial charge in [0.15, 0.2) is 0 Å². The van der Waals surface area contributed by atoms with Crippen molar-refractivity contribution in [1.29, 1.82) is 0 Å². The van der Waals surface area contributed by atoms with Gasteiger partial charge >= 0.3 is 0 Å². The third-order valence-corrected chi connectivity index (χ3v) is 4.44. The molecule has 1 heterocycles. The molecule has 0 fully saturated rings. The SMILES string of the molecule is OC1CCCCc2cn(CCOc3cccc(Br)c3)cc21. The van der Waals surface area contributed by atoms with E-state index in [1.165, 1.54) is 12.0 Å². The fourth-order valence-corrected chi connectivity index (χ4v) is 3.22. The molecular weight excluding hydrogens is 330 g/mol. The van der Waals surface area contributed by atoms with Gasteiger partial charge in [0.25, 0.3) is 0 Å². The molecule has 1 atom stereocenters. The maximum atomic E-state index is 10.1. The normalized spacial score (nSPS) is 18.1. The Hall–Kier alpha value is -1.26. The summed E-state index contributed by atoms with van der Waals surface area (Å²) in [5.74, 6) is 0.873. The summed E-state index contributed by atoms with van der Waals surface area (Å²) in [5.41, 5.74) is 2.40. The summed E-state index contributed by atoms with van der Waals surface area (Å²) < 4.78 is 8.92. The summed E-state index contributed by atoms with van der Waals surface area (Å²) in [5, 5.41) is 10.1. The average molecular weight is 350 g/mol.